The Balaban J connectivity index is 2.65. The average Bonchev–Trinajstić information content (AvgIpc) is 2.49. The molecule has 3 nitrogen and oxygen atoms in total. The largest absolute Gasteiger partial charge is 0.463 e. The van der Waals surface area contributed by atoms with E-state index in [-0.39, 0.29) is 5.97 Å². The maximum Gasteiger partial charge on any atom is 0.335 e. The first-order valence-electron chi connectivity index (χ1n) is 9.46. The van der Waals surface area contributed by atoms with Gasteiger partial charge in [0, 0.05) is 12.2 Å². The minimum atomic E-state index is -0.133. The zero-order valence-corrected chi connectivity index (χ0v) is 16.0. The SMILES string of the molecule is CCOC(=O)/C1=C(\NC/C=C(\C)CCC=C(C)C)CCCCCC1. The number of ether oxygens (including phenoxy) is 1. The van der Waals surface area contributed by atoms with Crippen molar-refractivity contribution in [3.63, 3.8) is 0 Å². The first kappa shape index (κ1) is 20.5. The van der Waals surface area contributed by atoms with Gasteiger partial charge in [-0.05, 0) is 66.2 Å². The van der Waals surface area contributed by atoms with Gasteiger partial charge in [-0.25, -0.2) is 4.79 Å². The number of rotatable bonds is 8. The number of carbonyl (C=O) groups is 1. The van der Waals surface area contributed by atoms with Gasteiger partial charge in [0.25, 0.3) is 0 Å². The van der Waals surface area contributed by atoms with Crippen LogP contribution < -0.4 is 5.32 Å². The van der Waals surface area contributed by atoms with Crippen molar-refractivity contribution < 1.29 is 9.53 Å². The molecule has 0 heterocycles. The van der Waals surface area contributed by atoms with Gasteiger partial charge in [0.15, 0.2) is 0 Å². The molecule has 0 fully saturated rings. The zero-order valence-electron chi connectivity index (χ0n) is 16.0. The lowest BCUT2D eigenvalue weighted by Crippen LogP contribution is -2.21. The molecule has 1 N–H and O–H groups in total. The first-order valence-corrected chi connectivity index (χ1v) is 9.46. The minimum absolute atomic E-state index is 0.133. The zero-order chi connectivity index (χ0) is 17.8. The number of allylic oxidation sites excluding steroid dienone is 4. The molecule has 0 aliphatic heterocycles. The Bertz CT molecular complexity index is 482. The summed E-state index contributed by atoms with van der Waals surface area (Å²) in [7, 11) is 0. The molecule has 0 unspecified atom stereocenters. The Morgan fingerprint density at radius 2 is 1.79 bits per heavy atom. The minimum Gasteiger partial charge on any atom is -0.463 e. The highest BCUT2D eigenvalue weighted by Gasteiger charge is 2.17. The number of nitrogens with one attached hydrogen (secondary N) is 1. The van der Waals surface area contributed by atoms with Crippen LogP contribution in [0.5, 0.6) is 0 Å². The molecule has 0 radical (unpaired) electrons. The summed E-state index contributed by atoms with van der Waals surface area (Å²) in [5.41, 5.74) is 4.73. The monoisotopic (exact) mass is 333 g/mol. The van der Waals surface area contributed by atoms with Crippen LogP contribution in [-0.4, -0.2) is 19.1 Å². The van der Waals surface area contributed by atoms with Crippen molar-refractivity contribution in [2.45, 2.75) is 79.1 Å². The Kier molecular flexibility index (Phi) is 10.2. The molecule has 0 saturated heterocycles. The van der Waals surface area contributed by atoms with Gasteiger partial charge < -0.3 is 10.1 Å². The van der Waals surface area contributed by atoms with Crippen LogP contribution in [0, 0.1) is 0 Å². The lowest BCUT2D eigenvalue weighted by molar-refractivity contribution is -0.138. The van der Waals surface area contributed by atoms with Crippen molar-refractivity contribution in [3.05, 3.63) is 34.6 Å². The van der Waals surface area contributed by atoms with Gasteiger partial charge >= 0.3 is 5.97 Å². The molecule has 0 aromatic rings. The predicted molar refractivity (Wildman–Crippen MR) is 102 cm³/mol. The van der Waals surface area contributed by atoms with E-state index < -0.39 is 0 Å². The molecule has 1 aliphatic rings. The van der Waals surface area contributed by atoms with E-state index in [0.29, 0.717) is 6.61 Å². The van der Waals surface area contributed by atoms with Gasteiger partial charge in [0.1, 0.15) is 0 Å². The molecule has 0 bridgehead atoms. The lowest BCUT2D eigenvalue weighted by Gasteiger charge is -2.18. The normalized spacial score (nSPS) is 19.2. The molecule has 0 aromatic heterocycles. The molecule has 1 rings (SSSR count). The summed E-state index contributed by atoms with van der Waals surface area (Å²) in [6, 6.07) is 0. The molecular weight excluding hydrogens is 298 g/mol. The molecule has 0 atom stereocenters. The highest BCUT2D eigenvalue weighted by Crippen LogP contribution is 2.22. The van der Waals surface area contributed by atoms with E-state index in [4.69, 9.17) is 4.74 Å². The van der Waals surface area contributed by atoms with Crippen molar-refractivity contribution in [2.75, 3.05) is 13.2 Å². The molecule has 136 valence electrons. The van der Waals surface area contributed by atoms with Crippen molar-refractivity contribution in [2.24, 2.45) is 0 Å². The number of carbonyl (C=O) groups excluding carboxylic acids is 1. The second-order valence-corrected chi connectivity index (χ2v) is 6.84. The maximum absolute atomic E-state index is 12.2. The van der Waals surface area contributed by atoms with Gasteiger partial charge in [-0.2, -0.15) is 0 Å². The van der Waals surface area contributed by atoms with E-state index in [9.17, 15) is 4.79 Å². The third-order valence-electron chi connectivity index (χ3n) is 4.35. The second kappa shape index (κ2) is 11.9. The highest BCUT2D eigenvalue weighted by atomic mass is 16.5. The Morgan fingerprint density at radius 3 is 2.46 bits per heavy atom. The molecule has 24 heavy (non-hydrogen) atoms. The summed E-state index contributed by atoms with van der Waals surface area (Å²) in [4.78, 5) is 12.2. The molecule has 0 aromatic carbocycles. The summed E-state index contributed by atoms with van der Waals surface area (Å²) in [6.07, 6.45) is 13.2. The van der Waals surface area contributed by atoms with Crippen molar-refractivity contribution >= 4 is 5.97 Å². The first-order chi connectivity index (χ1) is 11.5. The van der Waals surface area contributed by atoms with Crippen LogP contribution in [0.4, 0.5) is 0 Å². The number of hydrogen-bond acceptors (Lipinski definition) is 3. The molecule has 0 amide bonds. The lowest BCUT2D eigenvalue weighted by atomic mass is 9.97. The van der Waals surface area contributed by atoms with Crippen LogP contribution >= 0.6 is 0 Å². The third-order valence-corrected chi connectivity index (χ3v) is 4.35. The van der Waals surface area contributed by atoms with Crippen molar-refractivity contribution in [3.8, 4) is 0 Å². The summed E-state index contributed by atoms with van der Waals surface area (Å²) >= 11 is 0. The highest BCUT2D eigenvalue weighted by molar-refractivity contribution is 5.89. The summed E-state index contributed by atoms with van der Waals surface area (Å²) < 4.78 is 5.25. The quantitative estimate of drug-likeness (QED) is 0.475. The van der Waals surface area contributed by atoms with Gasteiger partial charge in [-0.3, -0.25) is 0 Å². The van der Waals surface area contributed by atoms with Crippen LogP contribution in [0.25, 0.3) is 0 Å². The van der Waals surface area contributed by atoms with Gasteiger partial charge in [-0.1, -0.05) is 36.1 Å². The topological polar surface area (TPSA) is 38.3 Å². The van der Waals surface area contributed by atoms with Crippen molar-refractivity contribution in [1.82, 2.24) is 5.32 Å². The molecule has 0 saturated carbocycles. The molecule has 1 aliphatic carbocycles. The van der Waals surface area contributed by atoms with Crippen LogP contribution in [0.15, 0.2) is 34.6 Å². The molecule has 0 spiro atoms. The maximum atomic E-state index is 12.2. The molecular formula is C21H35NO2. The third kappa shape index (κ3) is 8.37. The van der Waals surface area contributed by atoms with Crippen LogP contribution in [0.1, 0.15) is 79.1 Å². The fraction of sp³-hybridized carbons (Fsp3) is 0.667. The van der Waals surface area contributed by atoms with E-state index in [1.165, 1.54) is 24.0 Å². The summed E-state index contributed by atoms with van der Waals surface area (Å²) in [5.74, 6) is -0.133. The van der Waals surface area contributed by atoms with E-state index in [1.54, 1.807) is 0 Å². The Hall–Kier alpha value is -1.51. The van der Waals surface area contributed by atoms with E-state index in [0.717, 1.165) is 56.3 Å². The van der Waals surface area contributed by atoms with E-state index >= 15 is 0 Å². The fourth-order valence-electron chi connectivity index (χ4n) is 2.94. The number of hydrogen-bond donors (Lipinski definition) is 1. The van der Waals surface area contributed by atoms with Gasteiger partial charge in [-0.15, -0.1) is 0 Å². The predicted octanol–water partition coefficient (Wildman–Crippen LogP) is 5.44. The van der Waals surface area contributed by atoms with E-state index in [1.807, 2.05) is 6.92 Å². The fourth-order valence-corrected chi connectivity index (χ4v) is 2.94. The average molecular weight is 334 g/mol. The summed E-state index contributed by atoms with van der Waals surface area (Å²) in [6.45, 7) is 9.56. The smallest absolute Gasteiger partial charge is 0.335 e. The van der Waals surface area contributed by atoms with Gasteiger partial charge in [0.2, 0.25) is 0 Å². The van der Waals surface area contributed by atoms with Gasteiger partial charge in [0.05, 0.1) is 12.2 Å². The summed E-state index contributed by atoms with van der Waals surface area (Å²) in [5, 5.41) is 3.50. The van der Waals surface area contributed by atoms with E-state index in [2.05, 4.69) is 38.2 Å². The standard InChI is InChI=1S/C21H35NO2/c1-5-24-21(23)19-13-8-6-7-9-14-20(19)22-16-15-18(4)12-10-11-17(2)3/h11,15,22H,5-10,12-14,16H2,1-4H3/b18-15+,20-19-. The Morgan fingerprint density at radius 1 is 1.08 bits per heavy atom. The molecule has 3 heteroatoms. The van der Waals surface area contributed by atoms with Crippen LogP contribution in [0.3, 0.4) is 0 Å². The van der Waals surface area contributed by atoms with Crippen LogP contribution in [-0.2, 0) is 9.53 Å². The van der Waals surface area contributed by atoms with Crippen LogP contribution in [0.2, 0.25) is 0 Å². The number of esters is 1. The Labute approximate surface area is 148 Å². The second-order valence-electron chi connectivity index (χ2n) is 6.84. The van der Waals surface area contributed by atoms with Crippen molar-refractivity contribution in [1.29, 1.82) is 0 Å².